The van der Waals surface area contributed by atoms with Crippen LogP contribution in [0.15, 0.2) is 48.7 Å². The summed E-state index contributed by atoms with van der Waals surface area (Å²) in [6.07, 6.45) is 1.87. The summed E-state index contributed by atoms with van der Waals surface area (Å²) in [7, 11) is 2.05. The van der Waals surface area contributed by atoms with E-state index in [1.807, 2.05) is 50.5 Å². The molecule has 0 unspecified atom stereocenters. The van der Waals surface area contributed by atoms with Crippen LogP contribution in [0.3, 0.4) is 0 Å². The average molecular weight is 375 g/mol. The highest BCUT2D eigenvalue weighted by atomic mass is 32.1. The van der Waals surface area contributed by atoms with Gasteiger partial charge in [-0.1, -0.05) is 18.2 Å². The minimum atomic E-state index is 0.565. The molecule has 27 heavy (non-hydrogen) atoms. The van der Waals surface area contributed by atoms with Gasteiger partial charge in [-0.3, -0.25) is 0 Å². The standard InChI is InChI=1S/C19H17N7S/c1-12-8-15-16(24-27-23-15)9-14(12)21-19-20-10-17-18(22-19)26(11-25(17)2)13-6-4-3-5-7-13/h3-10H,11H2,1-2H3,(H,20,21,22). The number of anilines is 5. The SMILES string of the molecule is Cc1cc2nsnc2cc1Nc1ncc2c(n1)N(c1ccccc1)CN2C. The van der Waals surface area contributed by atoms with Gasteiger partial charge in [0.1, 0.15) is 16.7 Å². The maximum atomic E-state index is 4.79. The highest BCUT2D eigenvalue weighted by Crippen LogP contribution is 2.38. The number of hydrogen-bond acceptors (Lipinski definition) is 8. The molecule has 0 amide bonds. The Bertz CT molecular complexity index is 1130. The summed E-state index contributed by atoms with van der Waals surface area (Å²) in [4.78, 5) is 13.6. The lowest BCUT2D eigenvalue weighted by atomic mass is 10.2. The van der Waals surface area contributed by atoms with E-state index >= 15 is 0 Å². The third-order valence-electron chi connectivity index (χ3n) is 4.68. The topological polar surface area (TPSA) is 70.1 Å². The first-order valence-electron chi connectivity index (χ1n) is 8.60. The predicted octanol–water partition coefficient (Wildman–Crippen LogP) is 4.08. The van der Waals surface area contributed by atoms with Crippen molar-refractivity contribution in [2.45, 2.75) is 6.92 Å². The van der Waals surface area contributed by atoms with Crippen molar-refractivity contribution in [3.63, 3.8) is 0 Å². The molecule has 7 nitrogen and oxygen atoms in total. The van der Waals surface area contributed by atoms with Crippen LogP contribution in [0.2, 0.25) is 0 Å². The van der Waals surface area contributed by atoms with Gasteiger partial charge in [0.15, 0.2) is 5.82 Å². The number of para-hydroxylation sites is 1. The average Bonchev–Trinajstić information content (AvgIpc) is 3.26. The highest BCUT2D eigenvalue weighted by molar-refractivity contribution is 7.00. The normalized spacial score (nSPS) is 13.3. The molecule has 0 atom stereocenters. The molecule has 5 rings (SSSR count). The third kappa shape index (κ3) is 2.74. The van der Waals surface area contributed by atoms with Crippen molar-refractivity contribution in [3.05, 3.63) is 54.2 Å². The van der Waals surface area contributed by atoms with Gasteiger partial charge >= 0.3 is 0 Å². The highest BCUT2D eigenvalue weighted by Gasteiger charge is 2.27. The van der Waals surface area contributed by atoms with E-state index in [9.17, 15) is 0 Å². The number of rotatable bonds is 3. The molecule has 0 saturated heterocycles. The smallest absolute Gasteiger partial charge is 0.229 e. The molecule has 134 valence electrons. The quantitative estimate of drug-likeness (QED) is 0.578. The summed E-state index contributed by atoms with van der Waals surface area (Å²) in [5.74, 6) is 1.46. The Morgan fingerprint density at radius 1 is 1.07 bits per heavy atom. The monoisotopic (exact) mass is 375 g/mol. The molecule has 1 aliphatic heterocycles. The summed E-state index contributed by atoms with van der Waals surface area (Å²) in [5, 5.41) is 3.34. The third-order valence-corrected chi connectivity index (χ3v) is 5.24. The van der Waals surface area contributed by atoms with Gasteiger partial charge in [-0.05, 0) is 36.8 Å². The van der Waals surface area contributed by atoms with Crippen molar-refractivity contribution < 1.29 is 0 Å². The number of fused-ring (bicyclic) bond motifs is 2. The van der Waals surface area contributed by atoms with Gasteiger partial charge in [-0.2, -0.15) is 13.7 Å². The molecule has 0 fully saturated rings. The number of aryl methyl sites for hydroxylation is 1. The van der Waals surface area contributed by atoms with Crippen LogP contribution >= 0.6 is 11.7 Å². The molecular formula is C19H17N7S. The van der Waals surface area contributed by atoms with Crippen molar-refractivity contribution >= 4 is 51.6 Å². The zero-order valence-corrected chi connectivity index (χ0v) is 15.7. The largest absolute Gasteiger partial charge is 0.352 e. The fraction of sp³-hybridized carbons (Fsp3) is 0.158. The Morgan fingerprint density at radius 2 is 1.85 bits per heavy atom. The number of aromatic nitrogens is 4. The van der Waals surface area contributed by atoms with E-state index in [0.29, 0.717) is 5.95 Å². The first-order valence-corrected chi connectivity index (χ1v) is 9.33. The predicted molar refractivity (Wildman–Crippen MR) is 109 cm³/mol. The molecule has 3 heterocycles. The molecule has 1 aliphatic rings. The van der Waals surface area contributed by atoms with Crippen LogP contribution in [-0.2, 0) is 0 Å². The summed E-state index contributed by atoms with van der Waals surface area (Å²) in [5.41, 5.74) is 5.93. The fourth-order valence-corrected chi connectivity index (χ4v) is 3.76. The van der Waals surface area contributed by atoms with Gasteiger partial charge in [0.05, 0.1) is 24.6 Å². The van der Waals surface area contributed by atoms with Gasteiger partial charge in [0.2, 0.25) is 5.95 Å². The van der Waals surface area contributed by atoms with Crippen molar-refractivity contribution in [2.24, 2.45) is 0 Å². The Hall–Kier alpha value is -3.26. The second kappa shape index (κ2) is 6.17. The van der Waals surface area contributed by atoms with Crippen LogP contribution < -0.4 is 15.1 Å². The summed E-state index contributed by atoms with van der Waals surface area (Å²) in [6, 6.07) is 14.3. The molecular weight excluding hydrogens is 358 g/mol. The van der Waals surface area contributed by atoms with Crippen LogP contribution in [0.4, 0.5) is 28.8 Å². The molecule has 8 heteroatoms. The minimum Gasteiger partial charge on any atom is -0.352 e. The second-order valence-corrected chi connectivity index (χ2v) is 7.08. The van der Waals surface area contributed by atoms with Crippen LogP contribution in [0.5, 0.6) is 0 Å². The van der Waals surface area contributed by atoms with Gasteiger partial charge in [0.25, 0.3) is 0 Å². The van der Waals surface area contributed by atoms with E-state index in [2.05, 4.69) is 41.0 Å². The maximum absolute atomic E-state index is 4.79. The Morgan fingerprint density at radius 3 is 2.67 bits per heavy atom. The molecule has 1 N–H and O–H groups in total. The molecule has 0 radical (unpaired) electrons. The number of nitrogens with zero attached hydrogens (tertiary/aromatic N) is 6. The molecule has 0 spiro atoms. The Kier molecular flexibility index (Phi) is 3.64. The summed E-state index contributed by atoms with van der Waals surface area (Å²) < 4.78 is 8.60. The van der Waals surface area contributed by atoms with Gasteiger partial charge in [-0.15, -0.1) is 0 Å². The van der Waals surface area contributed by atoms with Gasteiger partial charge in [-0.25, -0.2) is 4.98 Å². The molecule has 0 aliphatic carbocycles. The van der Waals surface area contributed by atoms with Crippen molar-refractivity contribution in [2.75, 3.05) is 28.8 Å². The lowest BCUT2D eigenvalue weighted by molar-refractivity contribution is 0.944. The fourth-order valence-electron chi connectivity index (χ4n) is 3.25. The van der Waals surface area contributed by atoms with Crippen molar-refractivity contribution in [3.8, 4) is 0 Å². The zero-order valence-electron chi connectivity index (χ0n) is 14.9. The van der Waals surface area contributed by atoms with E-state index in [1.165, 1.54) is 11.7 Å². The molecule has 0 saturated carbocycles. The van der Waals surface area contributed by atoms with E-state index in [4.69, 9.17) is 4.98 Å². The van der Waals surface area contributed by atoms with Crippen LogP contribution in [0.1, 0.15) is 5.56 Å². The van der Waals surface area contributed by atoms with Crippen LogP contribution in [-0.4, -0.2) is 32.4 Å². The van der Waals surface area contributed by atoms with E-state index in [0.717, 1.165) is 46.1 Å². The van der Waals surface area contributed by atoms with Crippen LogP contribution in [0.25, 0.3) is 11.0 Å². The zero-order chi connectivity index (χ0) is 18.4. The summed E-state index contributed by atoms with van der Waals surface area (Å²) in [6.45, 7) is 2.78. The molecule has 2 aromatic heterocycles. The molecule has 4 aromatic rings. The lowest BCUT2D eigenvalue weighted by Gasteiger charge is -2.18. The first-order chi connectivity index (χ1) is 13.2. The number of benzene rings is 2. The van der Waals surface area contributed by atoms with E-state index in [1.54, 1.807) is 0 Å². The van der Waals surface area contributed by atoms with Gasteiger partial charge in [0, 0.05) is 18.4 Å². The Balaban J connectivity index is 1.52. The number of nitrogens with one attached hydrogen (secondary N) is 1. The second-order valence-electron chi connectivity index (χ2n) is 6.55. The van der Waals surface area contributed by atoms with Crippen molar-refractivity contribution in [1.82, 2.24) is 18.7 Å². The Labute approximate surface area is 160 Å². The number of hydrogen-bond donors (Lipinski definition) is 1. The van der Waals surface area contributed by atoms with E-state index in [-0.39, 0.29) is 0 Å². The summed E-state index contributed by atoms with van der Waals surface area (Å²) >= 11 is 1.22. The lowest BCUT2D eigenvalue weighted by Crippen LogP contribution is -2.24. The van der Waals surface area contributed by atoms with Crippen LogP contribution in [0, 0.1) is 6.92 Å². The van der Waals surface area contributed by atoms with Gasteiger partial charge < -0.3 is 15.1 Å². The maximum Gasteiger partial charge on any atom is 0.229 e. The van der Waals surface area contributed by atoms with Crippen molar-refractivity contribution in [1.29, 1.82) is 0 Å². The molecule has 2 aromatic carbocycles. The van der Waals surface area contributed by atoms with E-state index < -0.39 is 0 Å². The first kappa shape index (κ1) is 16.0. The minimum absolute atomic E-state index is 0.565. The molecule has 0 bridgehead atoms.